The Balaban J connectivity index is 1.72. The summed E-state index contributed by atoms with van der Waals surface area (Å²) in [5, 5.41) is 7.03. The maximum absolute atomic E-state index is 4.95. The lowest BCUT2D eigenvalue weighted by molar-refractivity contribution is 0.474. The molecule has 0 saturated heterocycles. The summed E-state index contributed by atoms with van der Waals surface area (Å²) in [6, 6.07) is 5.37. The summed E-state index contributed by atoms with van der Waals surface area (Å²) >= 11 is 3.77. The average Bonchev–Trinajstić information content (AvgIpc) is 3.06. The second kappa shape index (κ2) is 5.88. The van der Waals surface area contributed by atoms with Crippen molar-refractivity contribution < 1.29 is 0 Å². The minimum Gasteiger partial charge on any atom is -0.357 e. The van der Waals surface area contributed by atoms with E-state index >= 15 is 0 Å². The Labute approximate surface area is 124 Å². The Kier molecular flexibility index (Phi) is 4.18. The van der Waals surface area contributed by atoms with Gasteiger partial charge in [-0.3, -0.25) is 4.99 Å². The molecule has 1 aliphatic carbocycles. The molecule has 1 aliphatic heterocycles. The summed E-state index contributed by atoms with van der Waals surface area (Å²) < 4.78 is 0. The van der Waals surface area contributed by atoms with Crippen LogP contribution in [0.25, 0.3) is 0 Å². The van der Waals surface area contributed by atoms with Crippen LogP contribution in [0.5, 0.6) is 0 Å². The van der Waals surface area contributed by atoms with Crippen molar-refractivity contribution in [2.75, 3.05) is 5.75 Å². The molecule has 1 aromatic heterocycles. The molecule has 3 unspecified atom stereocenters. The Morgan fingerprint density at radius 1 is 1.37 bits per heavy atom. The van der Waals surface area contributed by atoms with Gasteiger partial charge in [0.25, 0.3) is 0 Å². The van der Waals surface area contributed by atoms with Crippen LogP contribution in [0.2, 0.25) is 0 Å². The highest BCUT2D eigenvalue weighted by molar-refractivity contribution is 8.13. The predicted octanol–water partition coefficient (Wildman–Crippen LogP) is 4.31. The molecule has 1 saturated carbocycles. The Morgan fingerprint density at radius 2 is 2.26 bits per heavy atom. The smallest absolute Gasteiger partial charge is 0.157 e. The molecule has 3 rings (SSSR count). The first-order valence-corrected chi connectivity index (χ1v) is 9.11. The van der Waals surface area contributed by atoms with Gasteiger partial charge in [-0.15, -0.1) is 11.3 Å². The van der Waals surface area contributed by atoms with E-state index in [2.05, 4.69) is 36.7 Å². The molecule has 2 aliphatic rings. The van der Waals surface area contributed by atoms with E-state index in [0.717, 1.165) is 5.92 Å². The van der Waals surface area contributed by atoms with Gasteiger partial charge in [0.2, 0.25) is 0 Å². The van der Waals surface area contributed by atoms with Crippen LogP contribution in [-0.4, -0.2) is 17.0 Å². The van der Waals surface area contributed by atoms with E-state index in [9.17, 15) is 0 Å². The highest BCUT2D eigenvalue weighted by Gasteiger charge is 2.31. The molecule has 19 heavy (non-hydrogen) atoms. The minimum absolute atomic E-state index is 0.407. The predicted molar refractivity (Wildman–Crippen MR) is 86.1 cm³/mol. The minimum atomic E-state index is 0.407. The van der Waals surface area contributed by atoms with Gasteiger partial charge in [0.15, 0.2) is 5.17 Å². The largest absolute Gasteiger partial charge is 0.357 e. The molecule has 2 nitrogen and oxygen atoms in total. The summed E-state index contributed by atoms with van der Waals surface area (Å²) in [6.07, 6.45) is 4.04. The van der Waals surface area contributed by atoms with Crippen molar-refractivity contribution in [2.24, 2.45) is 16.8 Å². The van der Waals surface area contributed by atoms with Crippen LogP contribution < -0.4 is 5.32 Å². The van der Waals surface area contributed by atoms with Gasteiger partial charge in [0, 0.05) is 10.6 Å². The first kappa shape index (κ1) is 13.5. The molecule has 0 spiro atoms. The lowest BCUT2D eigenvalue weighted by atomic mass is 10.0. The van der Waals surface area contributed by atoms with Gasteiger partial charge in [0.1, 0.15) is 0 Å². The van der Waals surface area contributed by atoms with E-state index in [1.807, 2.05) is 23.1 Å². The Morgan fingerprint density at radius 3 is 3.00 bits per heavy atom. The van der Waals surface area contributed by atoms with Gasteiger partial charge < -0.3 is 5.32 Å². The van der Waals surface area contributed by atoms with Crippen molar-refractivity contribution in [2.45, 2.75) is 45.2 Å². The van der Waals surface area contributed by atoms with Crippen LogP contribution >= 0.6 is 23.1 Å². The van der Waals surface area contributed by atoms with E-state index in [1.54, 1.807) is 0 Å². The van der Waals surface area contributed by atoms with Crippen LogP contribution in [0.1, 0.15) is 44.0 Å². The SMILES string of the molecule is CC(C)C(NC1=NC2CCCC2CS1)c1cccs1. The quantitative estimate of drug-likeness (QED) is 0.898. The molecule has 0 aromatic carbocycles. The van der Waals surface area contributed by atoms with Crippen molar-refractivity contribution in [1.82, 2.24) is 5.32 Å². The van der Waals surface area contributed by atoms with Crippen LogP contribution in [-0.2, 0) is 0 Å². The monoisotopic (exact) mass is 294 g/mol. The highest BCUT2D eigenvalue weighted by atomic mass is 32.2. The molecule has 1 aromatic rings. The zero-order chi connectivity index (χ0) is 13.2. The second-order valence-electron chi connectivity index (χ2n) is 5.89. The standard InChI is InChI=1S/C15H22N2S2/c1-10(2)14(13-7-4-8-18-13)17-15-16-12-6-3-5-11(12)9-19-15/h4,7-8,10-12,14H,3,5-6,9H2,1-2H3,(H,16,17). The van der Waals surface area contributed by atoms with Crippen molar-refractivity contribution in [3.8, 4) is 0 Å². The van der Waals surface area contributed by atoms with Gasteiger partial charge >= 0.3 is 0 Å². The third-order valence-electron chi connectivity index (χ3n) is 4.13. The Bertz CT molecular complexity index is 439. The number of nitrogens with one attached hydrogen (secondary N) is 1. The number of fused-ring (bicyclic) bond motifs is 1. The summed E-state index contributed by atoms with van der Waals surface area (Å²) in [5.41, 5.74) is 0. The van der Waals surface area contributed by atoms with E-state index < -0.39 is 0 Å². The number of rotatable bonds is 3. The van der Waals surface area contributed by atoms with E-state index in [1.165, 1.54) is 35.1 Å². The maximum Gasteiger partial charge on any atom is 0.157 e. The number of thioether (sulfide) groups is 1. The third kappa shape index (κ3) is 3.00. The number of hydrogen-bond donors (Lipinski definition) is 1. The zero-order valence-electron chi connectivity index (χ0n) is 11.6. The maximum atomic E-state index is 4.95. The number of aliphatic imine (C=N–C) groups is 1. The van der Waals surface area contributed by atoms with Crippen molar-refractivity contribution >= 4 is 28.3 Å². The molecule has 1 fully saturated rings. The van der Waals surface area contributed by atoms with E-state index in [-0.39, 0.29) is 0 Å². The first-order valence-electron chi connectivity index (χ1n) is 7.24. The second-order valence-corrected chi connectivity index (χ2v) is 7.87. The molecule has 104 valence electrons. The lowest BCUT2D eigenvalue weighted by Crippen LogP contribution is -2.34. The molecule has 2 heterocycles. The van der Waals surface area contributed by atoms with Crippen molar-refractivity contribution in [3.05, 3.63) is 22.4 Å². The molecule has 4 heteroatoms. The van der Waals surface area contributed by atoms with Gasteiger partial charge in [0.05, 0.1) is 12.1 Å². The highest BCUT2D eigenvalue weighted by Crippen LogP contribution is 2.36. The van der Waals surface area contributed by atoms with Crippen molar-refractivity contribution in [1.29, 1.82) is 0 Å². The van der Waals surface area contributed by atoms with Gasteiger partial charge in [-0.05, 0) is 36.1 Å². The van der Waals surface area contributed by atoms with Gasteiger partial charge in [-0.25, -0.2) is 0 Å². The topological polar surface area (TPSA) is 24.4 Å². The fourth-order valence-electron chi connectivity index (χ4n) is 3.00. The number of amidine groups is 1. The van der Waals surface area contributed by atoms with E-state index in [4.69, 9.17) is 4.99 Å². The summed E-state index contributed by atoms with van der Waals surface area (Å²) in [5.74, 6) is 2.68. The summed E-state index contributed by atoms with van der Waals surface area (Å²) in [4.78, 5) is 6.37. The van der Waals surface area contributed by atoms with Crippen LogP contribution in [0, 0.1) is 11.8 Å². The molecule has 3 atom stereocenters. The fourth-order valence-corrected chi connectivity index (χ4v) is 5.13. The van der Waals surface area contributed by atoms with Crippen molar-refractivity contribution in [3.63, 3.8) is 0 Å². The molecule has 0 amide bonds. The van der Waals surface area contributed by atoms with Crippen LogP contribution in [0.3, 0.4) is 0 Å². The molecule has 1 N–H and O–H groups in total. The molecular formula is C15H22N2S2. The summed E-state index contributed by atoms with van der Waals surface area (Å²) in [7, 11) is 0. The number of hydrogen-bond acceptors (Lipinski definition) is 4. The molecular weight excluding hydrogens is 272 g/mol. The lowest BCUT2D eigenvalue weighted by Gasteiger charge is -2.28. The zero-order valence-corrected chi connectivity index (χ0v) is 13.3. The normalized spacial score (nSPS) is 28.1. The Hall–Kier alpha value is -0.480. The summed E-state index contributed by atoms with van der Waals surface area (Å²) in [6.45, 7) is 4.56. The van der Waals surface area contributed by atoms with Crippen LogP contribution in [0.4, 0.5) is 0 Å². The van der Waals surface area contributed by atoms with Gasteiger partial charge in [-0.1, -0.05) is 38.1 Å². The first-order chi connectivity index (χ1) is 9.24. The number of nitrogens with zero attached hydrogens (tertiary/aromatic N) is 1. The average molecular weight is 294 g/mol. The number of thiophene rings is 1. The van der Waals surface area contributed by atoms with Gasteiger partial charge in [-0.2, -0.15) is 0 Å². The molecule has 0 radical (unpaired) electrons. The molecule has 0 bridgehead atoms. The fraction of sp³-hybridized carbons (Fsp3) is 0.667. The van der Waals surface area contributed by atoms with E-state index in [0.29, 0.717) is 18.0 Å². The van der Waals surface area contributed by atoms with Crippen LogP contribution in [0.15, 0.2) is 22.5 Å². The third-order valence-corrected chi connectivity index (χ3v) is 6.18.